The summed E-state index contributed by atoms with van der Waals surface area (Å²) < 4.78 is 11.1. The van der Waals surface area contributed by atoms with Crippen LogP contribution in [0.3, 0.4) is 0 Å². The predicted octanol–water partition coefficient (Wildman–Crippen LogP) is 3.40. The molecule has 2 aromatic rings. The Balaban J connectivity index is 1.74. The standard InChI is InChI=1S/C16H15NO2/c1-2-4-14(5-3-1)19-15-8-6-13(7-9-15)16-12-18-11-10-17-16/h1-9,12,17H,10-11H2. The summed E-state index contributed by atoms with van der Waals surface area (Å²) in [4.78, 5) is 0. The van der Waals surface area contributed by atoms with Gasteiger partial charge in [-0.3, -0.25) is 0 Å². The molecular formula is C16H15NO2. The van der Waals surface area contributed by atoms with Gasteiger partial charge in [-0.15, -0.1) is 0 Å². The van der Waals surface area contributed by atoms with E-state index in [1.54, 1.807) is 6.26 Å². The Morgan fingerprint density at radius 1 is 0.895 bits per heavy atom. The first kappa shape index (κ1) is 11.7. The molecule has 0 saturated heterocycles. The third-order valence-electron chi connectivity index (χ3n) is 2.88. The Morgan fingerprint density at radius 2 is 1.63 bits per heavy atom. The van der Waals surface area contributed by atoms with E-state index < -0.39 is 0 Å². The zero-order valence-corrected chi connectivity index (χ0v) is 10.5. The van der Waals surface area contributed by atoms with Crippen LogP contribution in [-0.2, 0) is 4.74 Å². The number of rotatable bonds is 3. The molecular weight excluding hydrogens is 238 g/mol. The summed E-state index contributed by atoms with van der Waals surface area (Å²) in [6.07, 6.45) is 1.76. The normalized spacial score (nSPS) is 14.0. The van der Waals surface area contributed by atoms with Crippen molar-refractivity contribution >= 4 is 5.70 Å². The highest BCUT2D eigenvalue weighted by molar-refractivity contribution is 5.64. The molecule has 1 aliphatic rings. The third kappa shape index (κ3) is 2.88. The van der Waals surface area contributed by atoms with E-state index in [0.29, 0.717) is 0 Å². The fraction of sp³-hybridized carbons (Fsp3) is 0.125. The van der Waals surface area contributed by atoms with Crippen molar-refractivity contribution in [1.82, 2.24) is 5.32 Å². The van der Waals surface area contributed by atoms with Crippen molar-refractivity contribution in [2.75, 3.05) is 13.2 Å². The van der Waals surface area contributed by atoms with Crippen molar-refractivity contribution in [2.24, 2.45) is 0 Å². The largest absolute Gasteiger partial charge is 0.497 e. The van der Waals surface area contributed by atoms with Crippen LogP contribution in [0.25, 0.3) is 5.70 Å². The summed E-state index contributed by atoms with van der Waals surface area (Å²) in [7, 11) is 0. The first-order chi connectivity index (χ1) is 9.42. The summed E-state index contributed by atoms with van der Waals surface area (Å²) >= 11 is 0. The predicted molar refractivity (Wildman–Crippen MR) is 74.9 cm³/mol. The van der Waals surface area contributed by atoms with Gasteiger partial charge in [0, 0.05) is 12.1 Å². The Labute approximate surface area is 112 Å². The van der Waals surface area contributed by atoms with Crippen LogP contribution in [0.2, 0.25) is 0 Å². The molecule has 3 nitrogen and oxygen atoms in total. The highest BCUT2D eigenvalue weighted by atomic mass is 16.5. The third-order valence-corrected chi connectivity index (χ3v) is 2.88. The lowest BCUT2D eigenvalue weighted by molar-refractivity contribution is 0.241. The average molecular weight is 253 g/mol. The molecule has 0 saturated carbocycles. The van der Waals surface area contributed by atoms with Gasteiger partial charge in [0.15, 0.2) is 0 Å². The van der Waals surface area contributed by atoms with E-state index in [4.69, 9.17) is 9.47 Å². The van der Waals surface area contributed by atoms with Gasteiger partial charge in [0.05, 0.1) is 5.70 Å². The van der Waals surface area contributed by atoms with Gasteiger partial charge < -0.3 is 14.8 Å². The SMILES string of the molecule is C1=C(c2ccc(Oc3ccccc3)cc2)NCCO1. The monoisotopic (exact) mass is 253 g/mol. The van der Waals surface area contributed by atoms with Crippen LogP contribution in [0.1, 0.15) is 5.56 Å². The fourth-order valence-corrected chi connectivity index (χ4v) is 1.93. The van der Waals surface area contributed by atoms with Crippen molar-refractivity contribution in [3.63, 3.8) is 0 Å². The minimum absolute atomic E-state index is 0.721. The molecule has 19 heavy (non-hydrogen) atoms. The van der Waals surface area contributed by atoms with Crippen molar-refractivity contribution in [3.05, 3.63) is 66.4 Å². The number of benzene rings is 2. The summed E-state index contributed by atoms with van der Waals surface area (Å²) in [5.41, 5.74) is 2.11. The Kier molecular flexibility index (Phi) is 3.36. The summed E-state index contributed by atoms with van der Waals surface area (Å²) in [6.45, 7) is 1.56. The smallest absolute Gasteiger partial charge is 0.127 e. The van der Waals surface area contributed by atoms with E-state index in [1.807, 2.05) is 54.6 Å². The minimum atomic E-state index is 0.721. The lowest BCUT2D eigenvalue weighted by Gasteiger charge is -2.16. The number of ether oxygens (including phenoxy) is 2. The van der Waals surface area contributed by atoms with Gasteiger partial charge in [-0.05, 0) is 36.4 Å². The molecule has 1 heterocycles. The second-order valence-corrected chi connectivity index (χ2v) is 4.27. The van der Waals surface area contributed by atoms with Gasteiger partial charge in [0.2, 0.25) is 0 Å². The van der Waals surface area contributed by atoms with Crippen molar-refractivity contribution in [3.8, 4) is 11.5 Å². The van der Waals surface area contributed by atoms with E-state index in [-0.39, 0.29) is 0 Å². The molecule has 1 aliphatic heterocycles. The zero-order chi connectivity index (χ0) is 12.9. The molecule has 3 heteroatoms. The molecule has 0 spiro atoms. The topological polar surface area (TPSA) is 30.5 Å². The first-order valence-corrected chi connectivity index (χ1v) is 6.31. The quantitative estimate of drug-likeness (QED) is 0.909. The van der Waals surface area contributed by atoms with Crippen molar-refractivity contribution in [1.29, 1.82) is 0 Å². The second-order valence-electron chi connectivity index (χ2n) is 4.27. The Hall–Kier alpha value is -2.42. The zero-order valence-electron chi connectivity index (χ0n) is 10.5. The van der Waals surface area contributed by atoms with Gasteiger partial charge in [0.1, 0.15) is 24.4 Å². The molecule has 0 amide bonds. The Morgan fingerprint density at radius 3 is 2.32 bits per heavy atom. The molecule has 0 aromatic heterocycles. The van der Waals surface area contributed by atoms with Crippen LogP contribution in [0, 0.1) is 0 Å². The van der Waals surface area contributed by atoms with E-state index in [9.17, 15) is 0 Å². The van der Waals surface area contributed by atoms with E-state index >= 15 is 0 Å². The van der Waals surface area contributed by atoms with Gasteiger partial charge in [0.25, 0.3) is 0 Å². The van der Waals surface area contributed by atoms with Crippen LogP contribution in [0.5, 0.6) is 11.5 Å². The number of hydrogen-bond acceptors (Lipinski definition) is 3. The number of para-hydroxylation sites is 1. The lowest BCUT2D eigenvalue weighted by atomic mass is 10.1. The fourth-order valence-electron chi connectivity index (χ4n) is 1.93. The van der Waals surface area contributed by atoms with E-state index in [0.717, 1.165) is 35.9 Å². The van der Waals surface area contributed by atoms with Crippen LogP contribution in [-0.4, -0.2) is 13.2 Å². The molecule has 0 radical (unpaired) electrons. The minimum Gasteiger partial charge on any atom is -0.497 e. The highest BCUT2D eigenvalue weighted by Gasteiger charge is 2.06. The highest BCUT2D eigenvalue weighted by Crippen LogP contribution is 2.23. The molecule has 2 aromatic carbocycles. The van der Waals surface area contributed by atoms with E-state index in [1.165, 1.54) is 0 Å². The molecule has 0 aliphatic carbocycles. The molecule has 0 bridgehead atoms. The van der Waals surface area contributed by atoms with Crippen LogP contribution in [0.15, 0.2) is 60.9 Å². The van der Waals surface area contributed by atoms with Gasteiger partial charge in [-0.2, -0.15) is 0 Å². The van der Waals surface area contributed by atoms with Crippen molar-refractivity contribution < 1.29 is 9.47 Å². The molecule has 96 valence electrons. The molecule has 0 unspecified atom stereocenters. The van der Waals surface area contributed by atoms with Crippen LogP contribution >= 0.6 is 0 Å². The van der Waals surface area contributed by atoms with Gasteiger partial charge >= 0.3 is 0 Å². The summed E-state index contributed by atoms with van der Waals surface area (Å²) in [5, 5.41) is 3.30. The summed E-state index contributed by atoms with van der Waals surface area (Å²) in [5.74, 6) is 1.67. The lowest BCUT2D eigenvalue weighted by Crippen LogP contribution is -2.22. The summed E-state index contributed by atoms with van der Waals surface area (Å²) in [6, 6.07) is 17.7. The maximum Gasteiger partial charge on any atom is 0.127 e. The molecule has 3 rings (SSSR count). The van der Waals surface area contributed by atoms with E-state index in [2.05, 4.69) is 5.32 Å². The average Bonchev–Trinajstić information content (AvgIpc) is 2.50. The molecule has 1 N–H and O–H groups in total. The number of nitrogens with one attached hydrogen (secondary N) is 1. The Bertz CT molecular complexity index is 561. The van der Waals surface area contributed by atoms with Crippen LogP contribution in [0.4, 0.5) is 0 Å². The number of hydrogen-bond donors (Lipinski definition) is 1. The molecule has 0 atom stereocenters. The van der Waals surface area contributed by atoms with Crippen molar-refractivity contribution in [2.45, 2.75) is 0 Å². The maximum absolute atomic E-state index is 5.75. The van der Waals surface area contributed by atoms with Gasteiger partial charge in [-0.25, -0.2) is 0 Å². The molecule has 0 fully saturated rings. The van der Waals surface area contributed by atoms with Crippen LogP contribution < -0.4 is 10.1 Å². The maximum atomic E-state index is 5.75. The second kappa shape index (κ2) is 5.48. The van der Waals surface area contributed by atoms with Gasteiger partial charge in [-0.1, -0.05) is 18.2 Å². The first-order valence-electron chi connectivity index (χ1n) is 6.31.